The number of rotatable bonds is 4. The molecule has 0 amide bonds. The molecule has 1 saturated heterocycles. The first-order valence-corrected chi connectivity index (χ1v) is 12.8. The maximum absolute atomic E-state index is 11.7. The number of primary sulfonamides is 1. The van der Waals surface area contributed by atoms with Crippen molar-refractivity contribution >= 4 is 21.4 Å². The third-order valence-corrected chi connectivity index (χ3v) is 7.41. The van der Waals surface area contributed by atoms with E-state index < -0.39 is 10.0 Å². The van der Waals surface area contributed by atoms with Gasteiger partial charge in [0.05, 0.1) is 11.1 Å². The lowest BCUT2D eigenvalue weighted by Crippen LogP contribution is -2.55. The van der Waals surface area contributed by atoms with Crippen molar-refractivity contribution in [3.63, 3.8) is 0 Å². The molecule has 1 fully saturated rings. The van der Waals surface area contributed by atoms with Crippen LogP contribution in [0, 0.1) is 6.92 Å². The molecule has 0 unspecified atom stereocenters. The van der Waals surface area contributed by atoms with E-state index in [0.29, 0.717) is 17.7 Å². The van der Waals surface area contributed by atoms with Crippen LogP contribution in [0.4, 0.5) is 5.69 Å². The molecule has 1 aliphatic rings. The van der Waals surface area contributed by atoms with Crippen LogP contribution in [0.1, 0.15) is 19.4 Å². The standard InChI is InChI=1S/C25H28N6O2S/c1-16-10-22(34(26,32)33)8-9-23(16)24-14-29-30-15-20(13-28-25(24)30)19-4-6-21(7-5-19)31-17(2)11-27-12-18(31)3/h4-10,13-15,17-18,27H,11-12H2,1-3H3,(H2,26,32,33)/t17-,18+. The molecule has 0 saturated carbocycles. The van der Waals surface area contributed by atoms with E-state index in [2.05, 4.69) is 58.4 Å². The Balaban J connectivity index is 1.45. The van der Waals surface area contributed by atoms with Crippen LogP contribution in [0.2, 0.25) is 0 Å². The SMILES string of the molecule is Cc1cc(S(N)(=O)=O)ccc1-c1cnn2cc(-c3ccc(N4[C@H](C)CNC[C@@H]4C)cc3)cnc12. The van der Waals surface area contributed by atoms with E-state index in [1.165, 1.54) is 11.8 Å². The van der Waals surface area contributed by atoms with E-state index in [1.54, 1.807) is 22.8 Å². The number of aromatic nitrogens is 3. The van der Waals surface area contributed by atoms with Crippen molar-refractivity contribution in [1.29, 1.82) is 0 Å². The van der Waals surface area contributed by atoms with Crippen molar-refractivity contribution in [2.45, 2.75) is 37.8 Å². The van der Waals surface area contributed by atoms with Gasteiger partial charge in [-0.25, -0.2) is 23.1 Å². The molecule has 0 bridgehead atoms. The molecular formula is C25H28N6O2S. The zero-order chi connectivity index (χ0) is 24.0. The molecule has 2 aromatic heterocycles. The summed E-state index contributed by atoms with van der Waals surface area (Å²) in [5.41, 5.74) is 6.46. The van der Waals surface area contributed by atoms with Crippen molar-refractivity contribution in [3.05, 3.63) is 66.6 Å². The van der Waals surface area contributed by atoms with Crippen molar-refractivity contribution in [3.8, 4) is 22.3 Å². The average Bonchev–Trinajstić information content (AvgIpc) is 3.22. The number of piperazine rings is 1. The number of aryl methyl sites for hydroxylation is 1. The minimum absolute atomic E-state index is 0.0912. The fourth-order valence-electron chi connectivity index (χ4n) is 4.80. The van der Waals surface area contributed by atoms with Crippen molar-refractivity contribution < 1.29 is 8.42 Å². The summed E-state index contributed by atoms with van der Waals surface area (Å²) in [6, 6.07) is 14.3. The smallest absolute Gasteiger partial charge is 0.238 e. The molecule has 176 valence electrons. The number of nitrogens with one attached hydrogen (secondary N) is 1. The van der Waals surface area contributed by atoms with Crippen LogP contribution in [-0.2, 0) is 10.0 Å². The van der Waals surface area contributed by atoms with E-state index in [-0.39, 0.29) is 4.90 Å². The van der Waals surface area contributed by atoms with E-state index in [9.17, 15) is 8.42 Å². The number of hydrogen-bond donors (Lipinski definition) is 2. The molecule has 34 heavy (non-hydrogen) atoms. The Morgan fingerprint density at radius 3 is 2.32 bits per heavy atom. The van der Waals surface area contributed by atoms with E-state index in [1.807, 2.05) is 19.3 Å². The summed E-state index contributed by atoms with van der Waals surface area (Å²) in [6.07, 6.45) is 5.56. The normalized spacial score (nSPS) is 19.0. The van der Waals surface area contributed by atoms with Crippen LogP contribution in [0.5, 0.6) is 0 Å². The van der Waals surface area contributed by atoms with Crippen LogP contribution in [0.15, 0.2) is 66.0 Å². The quantitative estimate of drug-likeness (QED) is 0.469. The molecule has 1 aliphatic heterocycles. The number of anilines is 1. The zero-order valence-electron chi connectivity index (χ0n) is 19.4. The van der Waals surface area contributed by atoms with Gasteiger partial charge in [0.1, 0.15) is 0 Å². The molecule has 0 aliphatic carbocycles. The summed E-state index contributed by atoms with van der Waals surface area (Å²) >= 11 is 0. The molecular weight excluding hydrogens is 448 g/mol. The third kappa shape index (κ3) is 4.06. The highest BCUT2D eigenvalue weighted by atomic mass is 32.2. The number of hydrogen-bond acceptors (Lipinski definition) is 6. The van der Waals surface area contributed by atoms with Crippen molar-refractivity contribution in [2.24, 2.45) is 5.14 Å². The summed E-state index contributed by atoms with van der Waals surface area (Å²) in [4.78, 5) is 7.24. The van der Waals surface area contributed by atoms with Gasteiger partial charge < -0.3 is 10.2 Å². The Labute approximate surface area is 199 Å². The number of fused-ring (bicyclic) bond motifs is 1. The maximum atomic E-state index is 11.7. The summed E-state index contributed by atoms with van der Waals surface area (Å²) in [7, 11) is -3.75. The number of nitrogens with zero attached hydrogens (tertiary/aromatic N) is 4. The molecule has 3 N–H and O–H groups in total. The van der Waals surface area contributed by atoms with Crippen LogP contribution >= 0.6 is 0 Å². The topological polar surface area (TPSA) is 106 Å². The van der Waals surface area contributed by atoms with Gasteiger partial charge in [0.2, 0.25) is 10.0 Å². The molecule has 2 atom stereocenters. The van der Waals surface area contributed by atoms with E-state index in [0.717, 1.165) is 40.9 Å². The molecule has 2 aromatic carbocycles. The lowest BCUT2D eigenvalue weighted by atomic mass is 10.0. The Morgan fingerprint density at radius 2 is 1.68 bits per heavy atom. The van der Waals surface area contributed by atoms with Gasteiger partial charge in [0, 0.05) is 54.4 Å². The molecule has 8 nitrogen and oxygen atoms in total. The third-order valence-electron chi connectivity index (χ3n) is 6.50. The Bertz CT molecular complexity index is 1450. The Morgan fingerprint density at radius 1 is 0.971 bits per heavy atom. The van der Waals surface area contributed by atoms with Crippen LogP contribution in [0.3, 0.4) is 0 Å². The van der Waals surface area contributed by atoms with E-state index in [4.69, 9.17) is 5.14 Å². The average molecular weight is 477 g/mol. The van der Waals surface area contributed by atoms with Crippen LogP contribution in [-0.4, -0.2) is 48.2 Å². The molecule has 9 heteroatoms. The van der Waals surface area contributed by atoms with Crippen molar-refractivity contribution in [2.75, 3.05) is 18.0 Å². The fraction of sp³-hybridized carbons (Fsp3) is 0.280. The first kappa shape index (κ1) is 22.5. The number of benzene rings is 2. The van der Waals surface area contributed by atoms with Gasteiger partial charge in [-0.05, 0) is 61.7 Å². The minimum Gasteiger partial charge on any atom is -0.364 e. The minimum atomic E-state index is -3.75. The van der Waals surface area contributed by atoms with E-state index >= 15 is 0 Å². The summed E-state index contributed by atoms with van der Waals surface area (Å²) < 4.78 is 25.1. The highest BCUT2D eigenvalue weighted by Crippen LogP contribution is 2.30. The highest BCUT2D eigenvalue weighted by Gasteiger charge is 2.24. The van der Waals surface area contributed by atoms with Crippen LogP contribution in [0.25, 0.3) is 27.9 Å². The van der Waals surface area contributed by atoms with Gasteiger partial charge in [0.15, 0.2) is 5.65 Å². The van der Waals surface area contributed by atoms with Gasteiger partial charge in [-0.1, -0.05) is 18.2 Å². The first-order valence-electron chi connectivity index (χ1n) is 11.3. The second kappa shape index (κ2) is 8.50. The lowest BCUT2D eigenvalue weighted by molar-refractivity contribution is 0.432. The van der Waals surface area contributed by atoms with Crippen LogP contribution < -0.4 is 15.4 Å². The fourth-order valence-corrected chi connectivity index (χ4v) is 5.40. The monoisotopic (exact) mass is 476 g/mol. The number of sulfonamides is 1. The second-order valence-corrected chi connectivity index (χ2v) is 10.6. The first-order chi connectivity index (χ1) is 16.2. The second-order valence-electron chi connectivity index (χ2n) is 9.00. The molecule has 0 spiro atoms. The summed E-state index contributed by atoms with van der Waals surface area (Å²) in [5, 5.41) is 13.2. The Kier molecular flexibility index (Phi) is 5.63. The van der Waals surface area contributed by atoms with Gasteiger partial charge in [-0.15, -0.1) is 0 Å². The van der Waals surface area contributed by atoms with Gasteiger partial charge in [-0.2, -0.15) is 5.10 Å². The number of nitrogens with two attached hydrogens (primary N) is 1. The maximum Gasteiger partial charge on any atom is 0.238 e. The lowest BCUT2D eigenvalue weighted by Gasteiger charge is -2.41. The van der Waals surface area contributed by atoms with Gasteiger partial charge >= 0.3 is 0 Å². The molecule has 0 radical (unpaired) electrons. The predicted molar refractivity (Wildman–Crippen MR) is 134 cm³/mol. The predicted octanol–water partition coefficient (Wildman–Crippen LogP) is 3.21. The van der Waals surface area contributed by atoms with Gasteiger partial charge in [-0.3, -0.25) is 0 Å². The van der Waals surface area contributed by atoms with Gasteiger partial charge in [0.25, 0.3) is 0 Å². The summed E-state index contributed by atoms with van der Waals surface area (Å²) in [6.45, 7) is 8.31. The highest BCUT2D eigenvalue weighted by molar-refractivity contribution is 7.89. The Hall–Kier alpha value is -3.27. The molecule has 5 rings (SSSR count). The summed E-state index contributed by atoms with van der Waals surface area (Å²) in [5.74, 6) is 0. The zero-order valence-corrected chi connectivity index (χ0v) is 20.2. The molecule has 3 heterocycles. The van der Waals surface area contributed by atoms with Crippen molar-refractivity contribution in [1.82, 2.24) is 19.9 Å². The molecule has 4 aromatic rings. The largest absolute Gasteiger partial charge is 0.364 e.